The molecule has 0 radical (unpaired) electrons. The van der Waals surface area contributed by atoms with E-state index in [2.05, 4.69) is 16.8 Å². The maximum atomic E-state index is 10.8. The number of primary amides is 1. The Labute approximate surface area is 106 Å². The maximum absolute atomic E-state index is 10.8. The van der Waals surface area contributed by atoms with Crippen molar-refractivity contribution in [1.82, 2.24) is 4.98 Å². The van der Waals surface area contributed by atoms with E-state index in [4.69, 9.17) is 16.2 Å². The van der Waals surface area contributed by atoms with Crippen molar-refractivity contribution in [3.8, 4) is 0 Å². The van der Waals surface area contributed by atoms with Crippen LogP contribution in [0.3, 0.4) is 0 Å². The lowest BCUT2D eigenvalue weighted by Gasteiger charge is -2.37. The molecular formula is C12H18N4O2. The number of ether oxygens (including phenoxy) is 1. The summed E-state index contributed by atoms with van der Waals surface area (Å²) in [4.78, 5) is 16.9. The van der Waals surface area contributed by atoms with Crippen LogP contribution < -0.4 is 16.4 Å². The molecular weight excluding hydrogens is 232 g/mol. The van der Waals surface area contributed by atoms with Gasteiger partial charge < -0.3 is 21.1 Å². The average molecular weight is 250 g/mol. The summed E-state index contributed by atoms with van der Waals surface area (Å²) >= 11 is 0. The number of nitrogens with two attached hydrogens (primary N) is 2. The number of carbonyl (C=O) groups is 1. The minimum absolute atomic E-state index is 0.182. The van der Waals surface area contributed by atoms with Crippen LogP contribution in [0.4, 0.5) is 16.2 Å². The summed E-state index contributed by atoms with van der Waals surface area (Å²) in [7, 11) is 0. The number of pyridine rings is 1. The Hall–Kier alpha value is -1.98. The lowest BCUT2D eigenvalue weighted by Crippen LogP contribution is -2.45. The van der Waals surface area contributed by atoms with Gasteiger partial charge in [0.2, 0.25) is 0 Å². The van der Waals surface area contributed by atoms with Crippen molar-refractivity contribution in [2.24, 2.45) is 11.7 Å². The Morgan fingerprint density at radius 2 is 2.33 bits per heavy atom. The summed E-state index contributed by atoms with van der Waals surface area (Å²) in [5, 5.41) is 0. The highest BCUT2D eigenvalue weighted by Crippen LogP contribution is 2.28. The Morgan fingerprint density at radius 3 is 3.00 bits per heavy atom. The maximum Gasteiger partial charge on any atom is 0.404 e. The van der Waals surface area contributed by atoms with E-state index in [9.17, 15) is 4.79 Å². The first-order chi connectivity index (χ1) is 8.56. The molecule has 0 saturated carbocycles. The fourth-order valence-corrected chi connectivity index (χ4v) is 2.43. The van der Waals surface area contributed by atoms with Crippen molar-refractivity contribution in [2.45, 2.75) is 19.4 Å². The van der Waals surface area contributed by atoms with E-state index in [1.54, 1.807) is 12.4 Å². The Balaban J connectivity index is 2.13. The predicted molar refractivity (Wildman–Crippen MR) is 69.1 cm³/mol. The van der Waals surface area contributed by atoms with E-state index >= 15 is 0 Å². The van der Waals surface area contributed by atoms with Gasteiger partial charge >= 0.3 is 6.09 Å². The SMILES string of the molecule is CC1CC(OC(N)=O)CN(c2ccncc2N)C1. The second kappa shape index (κ2) is 5.12. The number of nitrogen functional groups attached to an aromatic ring is 1. The number of rotatable bonds is 2. The molecule has 1 fully saturated rings. The normalized spacial score (nSPS) is 23.7. The van der Waals surface area contributed by atoms with E-state index in [-0.39, 0.29) is 6.10 Å². The van der Waals surface area contributed by atoms with Gasteiger partial charge in [0.05, 0.1) is 24.1 Å². The summed E-state index contributed by atoms with van der Waals surface area (Å²) in [6.45, 7) is 3.61. The molecule has 0 spiro atoms. The highest BCUT2D eigenvalue weighted by Gasteiger charge is 2.27. The number of hydrogen-bond donors (Lipinski definition) is 2. The second-order valence-corrected chi connectivity index (χ2v) is 4.74. The molecule has 1 aromatic rings. The van der Waals surface area contributed by atoms with Crippen LogP contribution in [0.25, 0.3) is 0 Å². The topological polar surface area (TPSA) is 94.5 Å². The molecule has 2 atom stereocenters. The van der Waals surface area contributed by atoms with E-state index < -0.39 is 6.09 Å². The quantitative estimate of drug-likeness (QED) is 0.815. The molecule has 1 aliphatic heterocycles. The Morgan fingerprint density at radius 1 is 1.56 bits per heavy atom. The van der Waals surface area contributed by atoms with Crippen LogP contribution in [-0.2, 0) is 4.74 Å². The largest absolute Gasteiger partial charge is 0.445 e. The summed E-state index contributed by atoms with van der Waals surface area (Å²) < 4.78 is 5.09. The molecule has 2 heterocycles. The van der Waals surface area contributed by atoms with Crippen LogP contribution >= 0.6 is 0 Å². The summed E-state index contributed by atoms with van der Waals surface area (Å²) in [5.41, 5.74) is 12.5. The van der Waals surface area contributed by atoms with Crippen molar-refractivity contribution >= 4 is 17.5 Å². The zero-order chi connectivity index (χ0) is 13.1. The lowest BCUT2D eigenvalue weighted by molar-refractivity contribution is 0.0855. The molecule has 2 rings (SSSR count). The summed E-state index contributed by atoms with van der Waals surface area (Å²) in [6, 6.07) is 1.87. The number of aromatic nitrogens is 1. The highest BCUT2D eigenvalue weighted by atomic mass is 16.6. The predicted octanol–water partition coefficient (Wildman–Crippen LogP) is 0.974. The Kier molecular flexibility index (Phi) is 3.55. The van der Waals surface area contributed by atoms with E-state index in [0.29, 0.717) is 18.2 Å². The van der Waals surface area contributed by atoms with Gasteiger partial charge in [-0.2, -0.15) is 0 Å². The van der Waals surface area contributed by atoms with Gasteiger partial charge in [-0.25, -0.2) is 4.79 Å². The molecule has 0 bridgehead atoms. The van der Waals surface area contributed by atoms with Crippen molar-refractivity contribution in [3.05, 3.63) is 18.5 Å². The zero-order valence-corrected chi connectivity index (χ0v) is 10.4. The molecule has 0 aliphatic carbocycles. The number of piperidine rings is 1. The Bertz CT molecular complexity index is 438. The van der Waals surface area contributed by atoms with Crippen LogP contribution in [0, 0.1) is 5.92 Å². The van der Waals surface area contributed by atoms with Crippen LogP contribution in [-0.4, -0.2) is 30.3 Å². The molecule has 18 heavy (non-hydrogen) atoms. The monoisotopic (exact) mass is 250 g/mol. The molecule has 2 unspecified atom stereocenters. The molecule has 1 aromatic heterocycles. The van der Waals surface area contributed by atoms with Gasteiger partial charge in [-0.15, -0.1) is 0 Å². The van der Waals surface area contributed by atoms with E-state index in [1.165, 1.54) is 0 Å². The molecule has 6 heteroatoms. The first-order valence-electron chi connectivity index (χ1n) is 5.96. The second-order valence-electron chi connectivity index (χ2n) is 4.74. The van der Waals surface area contributed by atoms with Crippen LogP contribution in [0.15, 0.2) is 18.5 Å². The highest BCUT2D eigenvalue weighted by molar-refractivity contribution is 5.67. The molecule has 1 amide bonds. The van der Waals surface area contributed by atoms with Gasteiger partial charge in [0.15, 0.2) is 0 Å². The van der Waals surface area contributed by atoms with Gasteiger partial charge in [-0.1, -0.05) is 6.92 Å². The van der Waals surface area contributed by atoms with Crippen molar-refractivity contribution in [2.75, 3.05) is 23.7 Å². The molecule has 0 aromatic carbocycles. The number of hydrogen-bond acceptors (Lipinski definition) is 5. The standard InChI is InChI=1S/C12H18N4O2/c1-8-4-9(18-12(14)17)7-16(6-8)11-2-3-15-5-10(11)13/h2-3,5,8-9H,4,6-7,13H2,1H3,(H2,14,17). The smallest absolute Gasteiger partial charge is 0.404 e. The van der Waals surface area contributed by atoms with Crippen molar-refractivity contribution in [1.29, 1.82) is 0 Å². The lowest BCUT2D eigenvalue weighted by atomic mass is 9.97. The third-order valence-electron chi connectivity index (χ3n) is 3.07. The molecule has 1 aliphatic rings. The van der Waals surface area contributed by atoms with Gasteiger partial charge in [0.25, 0.3) is 0 Å². The summed E-state index contributed by atoms with van der Waals surface area (Å²) in [5.74, 6) is 0.413. The van der Waals surface area contributed by atoms with Gasteiger partial charge in [0.1, 0.15) is 6.10 Å². The van der Waals surface area contributed by atoms with Crippen LogP contribution in [0.5, 0.6) is 0 Å². The fraction of sp³-hybridized carbons (Fsp3) is 0.500. The van der Waals surface area contributed by atoms with E-state index in [1.807, 2.05) is 6.07 Å². The van der Waals surface area contributed by atoms with Crippen LogP contribution in [0.1, 0.15) is 13.3 Å². The summed E-state index contributed by atoms with van der Waals surface area (Å²) in [6.07, 6.45) is 3.24. The van der Waals surface area contributed by atoms with Crippen molar-refractivity contribution in [3.63, 3.8) is 0 Å². The number of nitrogens with zero attached hydrogens (tertiary/aromatic N) is 2. The minimum atomic E-state index is -0.725. The van der Waals surface area contributed by atoms with Crippen molar-refractivity contribution < 1.29 is 9.53 Å². The molecule has 4 N–H and O–H groups in total. The van der Waals surface area contributed by atoms with E-state index in [0.717, 1.165) is 18.7 Å². The number of anilines is 2. The third kappa shape index (κ3) is 2.82. The number of carbonyl (C=O) groups excluding carboxylic acids is 1. The fourth-order valence-electron chi connectivity index (χ4n) is 2.43. The zero-order valence-electron chi connectivity index (χ0n) is 10.4. The van der Waals surface area contributed by atoms with Gasteiger partial charge in [0, 0.05) is 12.7 Å². The molecule has 98 valence electrons. The number of amides is 1. The van der Waals surface area contributed by atoms with Gasteiger partial charge in [-0.3, -0.25) is 4.98 Å². The van der Waals surface area contributed by atoms with Crippen LogP contribution in [0.2, 0.25) is 0 Å². The average Bonchev–Trinajstić information content (AvgIpc) is 2.27. The third-order valence-corrected chi connectivity index (χ3v) is 3.07. The molecule has 1 saturated heterocycles. The minimum Gasteiger partial charge on any atom is -0.445 e. The first-order valence-corrected chi connectivity index (χ1v) is 5.96. The first kappa shape index (κ1) is 12.5. The van der Waals surface area contributed by atoms with Gasteiger partial charge in [-0.05, 0) is 18.4 Å². The molecule has 6 nitrogen and oxygen atoms in total.